The summed E-state index contributed by atoms with van der Waals surface area (Å²) < 4.78 is 5.30. The van der Waals surface area contributed by atoms with Gasteiger partial charge >= 0.3 is 0 Å². The second-order valence-corrected chi connectivity index (χ2v) is 7.28. The van der Waals surface area contributed by atoms with Crippen molar-refractivity contribution in [3.05, 3.63) is 17.0 Å². The summed E-state index contributed by atoms with van der Waals surface area (Å²) in [6, 6.07) is 0. The van der Waals surface area contributed by atoms with E-state index in [1.807, 2.05) is 20.9 Å². The Morgan fingerprint density at radius 2 is 1.96 bits per heavy atom. The molecule has 128 valence electrons. The van der Waals surface area contributed by atoms with Crippen LogP contribution in [-0.4, -0.2) is 42.7 Å². The van der Waals surface area contributed by atoms with Crippen LogP contribution in [0.15, 0.2) is 9.52 Å². The average molecular weight is 318 g/mol. The molecule has 1 aromatic rings. The van der Waals surface area contributed by atoms with E-state index < -0.39 is 0 Å². The van der Waals surface area contributed by atoms with Crippen LogP contribution in [0.3, 0.4) is 0 Å². The number of aryl methyl sites for hydroxylation is 2. The Labute approximate surface area is 139 Å². The number of nitrogens with one attached hydrogen (secondary N) is 1. The monoisotopic (exact) mass is 318 g/mol. The van der Waals surface area contributed by atoms with Crippen molar-refractivity contribution in [2.45, 2.75) is 52.4 Å². The topological polar surface area (TPSA) is 53.7 Å². The van der Waals surface area contributed by atoms with Gasteiger partial charge in [-0.2, -0.15) is 0 Å². The second kappa shape index (κ2) is 6.93. The molecule has 5 heteroatoms. The minimum atomic E-state index is 0.364. The fraction of sp³-hybridized carbons (Fsp3) is 0.778. The lowest BCUT2D eigenvalue weighted by Crippen LogP contribution is -2.41. The van der Waals surface area contributed by atoms with Crippen LogP contribution >= 0.6 is 0 Å². The molecule has 3 atom stereocenters. The maximum atomic E-state index is 5.30. The average Bonchev–Trinajstić information content (AvgIpc) is 3.11. The summed E-state index contributed by atoms with van der Waals surface area (Å²) in [6.07, 6.45) is 5.61. The molecule has 2 aliphatic rings. The molecule has 1 saturated carbocycles. The molecule has 0 amide bonds. The fourth-order valence-electron chi connectivity index (χ4n) is 4.45. The third-order valence-corrected chi connectivity index (χ3v) is 5.64. The van der Waals surface area contributed by atoms with Gasteiger partial charge in [0.25, 0.3) is 0 Å². The molecule has 0 radical (unpaired) electrons. The van der Waals surface area contributed by atoms with Gasteiger partial charge in [0.2, 0.25) is 0 Å². The Bertz CT molecular complexity index is 532. The first kappa shape index (κ1) is 16.3. The molecule has 1 saturated heterocycles. The molecule has 23 heavy (non-hydrogen) atoms. The zero-order valence-electron chi connectivity index (χ0n) is 14.9. The molecule has 1 aliphatic carbocycles. The van der Waals surface area contributed by atoms with Crippen LogP contribution in [0, 0.1) is 25.7 Å². The highest BCUT2D eigenvalue weighted by Gasteiger charge is 2.35. The lowest BCUT2D eigenvalue weighted by atomic mass is 9.82. The quantitative estimate of drug-likeness (QED) is 0.687. The summed E-state index contributed by atoms with van der Waals surface area (Å²) in [5, 5.41) is 7.64. The van der Waals surface area contributed by atoms with Gasteiger partial charge in [-0.1, -0.05) is 24.9 Å². The number of likely N-dealkylation sites (tertiary alicyclic amines) is 1. The molecular formula is C18H30N4O. The van der Waals surface area contributed by atoms with Crippen molar-refractivity contribution in [2.24, 2.45) is 16.8 Å². The van der Waals surface area contributed by atoms with Crippen molar-refractivity contribution in [2.75, 3.05) is 26.7 Å². The highest BCUT2D eigenvalue weighted by Crippen LogP contribution is 2.36. The molecule has 3 rings (SSSR count). The number of hydrogen-bond acceptors (Lipinski definition) is 3. The molecule has 1 aliphatic heterocycles. The van der Waals surface area contributed by atoms with Crippen LogP contribution in [-0.2, 0) is 0 Å². The van der Waals surface area contributed by atoms with E-state index in [1.54, 1.807) is 0 Å². The zero-order chi connectivity index (χ0) is 16.4. The number of rotatable bonds is 3. The first-order valence-corrected chi connectivity index (χ1v) is 8.98. The maximum Gasteiger partial charge on any atom is 0.193 e. The van der Waals surface area contributed by atoms with Gasteiger partial charge in [0.15, 0.2) is 5.96 Å². The van der Waals surface area contributed by atoms with E-state index in [9.17, 15) is 0 Å². The van der Waals surface area contributed by atoms with Gasteiger partial charge < -0.3 is 14.7 Å². The summed E-state index contributed by atoms with van der Waals surface area (Å²) in [5.41, 5.74) is 2.22. The predicted molar refractivity (Wildman–Crippen MR) is 92.8 cm³/mol. The van der Waals surface area contributed by atoms with E-state index in [1.165, 1.54) is 44.3 Å². The number of fused-ring (bicyclic) bond motifs is 1. The first-order chi connectivity index (χ1) is 11.1. The van der Waals surface area contributed by atoms with Crippen LogP contribution in [0.2, 0.25) is 0 Å². The molecule has 1 N–H and O–H groups in total. The highest BCUT2D eigenvalue weighted by atomic mass is 16.5. The highest BCUT2D eigenvalue weighted by molar-refractivity contribution is 5.80. The van der Waals surface area contributed by atoms with Crippen LogP contribution < -0.4 is 5.32 Å². The lowest BCUT2D eigenvalue weighted by Gasteiger charge is -2.23. The minimum absolute atomic E-state index is 0.364. The Balaban J connectivity index is 1.58. The van der Waals surface area contributed by atoms with Crippen molar-refractivity contribution in [3.8, 4) is 0 Å². The standard InChI is InChI=1S/C18H30N4O/c1-12(17-13(2)21-23-14(17)3)9-20-18(19-4)22-10-15-7-5-6-8-16(15)11-22/h12,15-16H,5-11H2,1-4H3,(H,19,20). The molecule has 5 nitrogen and oxygen atoms in total. The number of nitrogens with zero attached hydrogens (tertiary/aromatic N) is 3. The normalized spacial score (nSPS) is 26.3. The molecule has 3 unspecified atom stereocenters. The van der Waals surface area contributed by atoms with Crippen molar-refractivity contribution in [3.63, 3.8) is 0 Å². The van der Waals surface area contributed by atoms with E-state index in [2.05, 4.69) is 27.3 Å². The minimum Gasteiger partial charge on any atom is -0.361 e. The molecule has 0 bridgehead atoms. The number of guanidine groups is 1. The van der Waals surface area contributed by atoms with E-state index in [0.717, 1.165) is 35.8 Å². The van der Waals surface area contributed by atoms with E-state index in [-0.39, 0.29) is 0 Å². The fourth-order valence-corrected chi connectivity index (χ4v) is 4.45. The number of aliphatic imine (C=N–C) groups is 1. The Morgan fingerprint density at radius 3 is 2.48 bits per heavy atom. The molecule has 2 fully saturated rings. The van der Waals surface area contributed by atoms with Crippen LogP contribution in [0.1, 0.15) is 55.5 Å². The van der Waals surface area contributed by atoms with Crippen molar-refractivity contribution in [1.29, 1.82) is 0 Å². The summed E-state index contributed by atoms with van der Waals surface area (Å²) in [7, 11) is 1.89. The van der Waals surface area contributed by atoms with Gasteiger partial charge in [0.1, 0.15) is 5.76 Å². The van der Waals surface area contributed by atoms with Gasteiger partial charge in [-0.3, -0.25) is 4.99 Å². The van der Waals surface area contributed by atoms with Crippen LogP contribution in [0.5, 0.6) is 0 Å². The van der Waals surface area contributed by atoms with Gasteiger partial charge in [-0.05, 0) is 38.5 Å². The first-order valence-electron chi connectivity index (χ1n) is 8.98. The summed E-state index contributed by atoms with van der Waals surface area (Å²) in [4.78, 5) is 6.98. The molecular weight excluding hydrogens is 288 g/mol. The maximum absolute atomic E-state index is 5.30. The van der Waals surface area contributed by atoms with Gasteiger partial charge in [-0.15, -0.1) is 0 Å². The Kier molecular flexibility index (Phi) is 4.93. The largest absolute Gasteiger partial charge is 0.361 e. The Hall–Kier alpha value is -1.52. The summed E-state index contributed by atoms with van der Waals surface area (Å²) in [5.74, 6) is 4.10. The van der Waals surface area contributed by atoms with Crippen molar-refractivity contribution < 1.29 is 4.52 Å². The number of aromatic nitrogens is 1. The van der Waals surface area contributed by atoms with Crippen LogP contribution in [0.4, 0.5) is 0 Å². The molecule has 1 aromatic heterocycles. The molecule has 2 heterocycles. The molecule has 0 spiro atoms. The van der Waals surface area contributed by atoms with Gasteiger partial charge in [-0.25, -0.2) is 0 Å². The SMILES string of the molecule is CN=C(NCC(C)c1c(C)noc1C)N1CC2CCCCC2C1. The zero-order valence-corrected chi connectivity index (χ0v) is 14.9. The van der Waals surface area contributed by atoms with Crippen molar-refractivity contribution >= 4 is 5.96 Å². The third kappa shape index (κ3) is 3.38. The van der Waals surface area contributed by atoms with E-state index in [0.29, 0.717) is 5.92 Å². The summed E-state index contributed by atoms with van der Waals surface area (Å²) >= 11 is 0. The predicted octanol–water partition coefficient (Wildman–Crippen LogP) is 3.09. The van der Waals surface area contributed by atoms with Gasteiger partial charge in [0.05, 0.1) is 5.69 Å². The summed E-state index contributed by atoms with van der Waals surface area (Å²) in [6.45, 7) is 9.43. The second-order valence-electron chi connectivity index (χ2n) is 7.28. The Morgan fingerprint density at radius 1 is 1.30 bits per heavy atom. The third-order valence-electron chi connectivity index (χ3n) is 5.64. The van der Waals surface area contributed by atoms with E-state index in [4.69, 9.17) is 4.52 Å². The molecule has 0 aromatic carbocycles. The van der Waals surface area contributed by atoms with E-state index >= 15 is 0 Å². The number of hydrogen-bond donors (Lipinski definition) is 1. The van der Waals surface area contributed by atoms with Crippen molar-refractivity contribution in [1.82, 2.24) is 15.4 Å². The van der Waals surface area contributed by atoms with Crippen LogP contribution in [0.25, 0.3) is 0 Å². The smallest absolute Gasteiger partial charge is 0.193 e. The van der Waals surface area contributed by atoms with Gasteiger partial charge in [0, 0.05) is 38.2 Å². The lowest BCUT2D eigenvalue weighted by molar-refractivity contribution is 0.299.